The van der Waals surface area contributed by atoms with Crippen LogP contribution in [0.15, 0.2) is 30.5 Å². The Bertz CT molecular complexity index is 491. The number of hydrogen-bond acceptors (Lipinski definition) is 3. The molecule has 1 heterocycles. The average Bonchev–Trinajstić information content (AvgIpc) is 2.54. The Morgan fingerprint density at radius 1 is 1.44 bits per heavy atom. The summed E-state index contributed by atoms with van der Waals surface area (Å²) in [7, 11) is 1.91. The third-order valence-electron chi connectivity index (χ3n) is 2.44. The minimum Gasteiger partial charge on any atom is -0.508 e. The maximum atomic E-state index is 9.31. The van der Waals surface area contributed by atoms with Crippen LogP contribution in [0.1, 0.15) is 11.3 Å². The first-order valence-corrected chi connectivity index (χ1v) is 5.17. The van der Waals surface area contributed by atoms with E-state index in [-0.39, 0.29) is 5.75 Å². The number of hydrogen-bond donors (Lipinski definition) is 2. The Morgan fingerprint density at radius 2 is 2.25 bits per heavy atom. The standard InChI is InChI=1S/C12H15N3O/c1-9-10(8-15(2)14-9)7-13-11-4-3-5-12(16)6-11/h3-6,8,13,16H,7H2,1-2H3. The fourth-order valence-electron chi connectivity index (χ4n) is 1.64. The van der Waals surface area contributed by atoms with Crippen molar-refractivity contribution in [1.82, 2.24) is 9.78 Å². The van der Waals surface area contributed by atoms with Crippen LogP contribution in [0.25, 0.3) is 0 Å². The highest BCUT2D eigenvalue weighted by atomic mass is 16.3. The highest BCUT2D eigenvalue weighted by Crippen LogP contribution is 2.16. The van der Waals surface area contributed by atoms with E-state index in [0.717, 1.165) is 16.9 Å². The molecule has 1 aromatic heterocycles. The molecular formula is C12H15N3O. The molecule has 0 aliphatic carbocycles. The average molecular weight is 217 g/mol. The fourth-order valence-corrected chi connectivity index (χ4v) is 1.64. The first kappa shape index (κ1) is 10.5. The summed E-state index contributed by atoms with van der Waals surface area (Å²) in [6.07, 6.45) is 1.99. The molecule has 0 saturated heterocycles. The van der Waals surface area contributed by atoms with Crippen LogP contribution >= 0.6 is 0 Å². The molecule has 2 aromatic rings. The van der Waals surface area contributed by atoms with Gasteiger partial charge in [0.2, 0.25) is 0 Å². The summed E-state index contributed by atoms with van der Waals surface area (Å²) in [6, 6.07) is 7.09. The van der Waals surface area contributed by atoms with Crippen LogP contribution in [0.5, 0.6) is 5.75 Å². The molecule has 0 aliphatic heterocycles. The van der Waals surface area contributed by atoms with Crippen LogP contribution in [0.3, 0.4) is 0 Å². The highest BCUT2D eigenvalue weighted by Gasteiger charge is 2.02. The van der Waals surface area contributed by atoms with Crippen molar-refractivity contribution in [3.63, 3.8) is 0 Å². The molecule has 0 amide bonds. The van der Waals surface area contributed by atoms with Gasteiger partial charge >= 0.3 is 0 Å². The zero-order chi connectivity index (χ0) is 11.5. The normalized spacial score (nSPS) is 10.4. The van der Waals surface area contributed by atoms with Crippen LogP contribution in [0.2, 0.25) is 0 Å². The molecule has 0 saturated carbocycles. The number of rotatable bonds is 3. The summed E-state index contributed by atoms with van der Waals surface area (Å²) < 4.78 is 1.80. The third kappa shape index (κ3) is 2.34. The number of phenols is 1. The minimum absolute atomic E-state index is 0.271. The van der Waals surface area contributed by atoms with Crippen molar-refractivity contribution >= 4 is 5.69 Å². The smallest absolute Gasteiger partial charge is 0.117 e. The van der Waals surface area contributed by atoms with E-state index in [1.807, 2.05) is 32.3 Å². The Labute approximate surface area is 94.5 Å². The Morgan fingerprint density at radius 3 is 2.88 bits per heavy atom. The number of aromatic nitrogens is 2. The SMILES string of the molecule is Cc1nn(C)cc1CNc1cccc(O)c1. The number of phenolic OH excluding ortho intramolecular Hbond substituents is 1. The second-order valence-electron chi connectivity index (χ2n) is 3.82. The van der Waals surface area contributed by atoms with Crippen LogP contribution in [-0.4, -0.2) is 14.9 Å². The van der Waals surface area contributed by atoms with Crippen molar-refractivity contribution in [2.45, 2.75) is 13.5 Å². The van der Waals surface area contributed by atoms with E-state index in [1.165, 1.54) is 0 Å². The van der Waals surface area contributed by atoms with Gasteiger partial charge in [-0.2, -0.15) is 5.10 Å². The second-order valence-corrected chi connectivity index (χ2v) is 3.82. The van der Waals surface area contributed by atoms with Crippen LogP contribution in [-0.2, 0) is 13.6 Å². The van der Waals surface area contributed by atoms with Gasteiger partial charge in [-0.15, -0.1) is 0 Å². The molecule has 4 nitrogen and oxygen atoms in total. The Hall–Kier alpha value is -1.97. The van der Waals surface area contributed by atoms with Gasteiger partial charge < -0.3 is 10.4 Å². The van der Waals surface area contributed by atoms with E-state index in [4.69, 9.17) is 0 Å². The quantitative estimate of drug-likeness (QED) is 0.827. The molecule has 2 rings (SSSR count). The lowest BCUT2D eigenvalue weighted by atomic mass is 10.2. The molecule has 0 bridgehead atoms. The van der Waals surface area contributed by atoms with Gasteiger partial charge in [0.15, 0.2) is 0 Å². The summed E-state index contributed by atoms with van der Waals surface area (Å²) in [5.41, 5.74) is 3.09. The maximum absolute atomic E-state index is 9.31. The number of aryl methyl sites for hydroxylation is 2. The molecule has 0 unspecified atom stereocenters. The lowest BCUT2D eigenvalue weighted by Gasteiger charge is -2.05. The van der Waals surface area contributed by atoms with E-state index in [2.05, 4.69) is 10.4 Å². The second kappa shape index (κ2) is 4.26. The molecule has 0 spiro atoms. The number of aromatic hydroxyl groups is 1. The van der Waals surface area contributed by atoms with E-state index < -0.39 is 0 Å². The summed E-state index contributed by atoms with van der Waals surface area (Å²) in [4.78, 5) is 0. The van der Waals surface area contributed by atoms with Gasteiger partial charge in [0.05, 0.1) is 5.69 Å². The van der Waals surface area contributed by atoms with Crippen molar-refractivity contribution in [3.8, 4) is 5.75 Å². The van der Waals surface area contributed by atoms with Gasteiger partial charge in [-0.25, -0.2) is 0 Å². The molecular weight excluding hydrogens is 202 g/mol. The maximum Gasteiger partial charge on any atom is 0.117 e. The number of benzene rings is 1. The summed E-state index contributed by atoms with van der Waals surface area (Å²) in [5, 5.41) is 16.8. The van der Waals surface area contributed by atoms with Crippen molar-refractivity contribution in [3.05, 3.63) is 41.7 Å². The predicted octanol–water partition coefficient (Wildman–Crippen LogP) is 2.05. The van der Waals surface area contributed by atoms with Gasteiger partial charge in [-0.05, 0) is 19.1 Å². The minimum atomic E-state index is 0.271. The molecule has 16 heavy (non-hydrogen) atoms. The van der Waals surface area contributed by atoms with Gasteiger partial charge in [0, 0.05) is 37.1 Å². The zero-order valence-corrected chi connectivity index (χ0v) is 9.44. The van der Waals surface area contributed by atoms with Crippen molar-refractivity contribution in [1.29, 1.82) is 0 Å². The first-order chi connectivity index (χ1) is 7.65. The largest absolute Gasteiger partial charge is 0.508 e. The van der Waals surface area contributed by atoms with Crippen LogP contribution < -0.4 is 5.32 Å². The van der Waals surface area contributed by atoms with Crippen molar-refractivity contribution < 1.29 is 5.11 Å². The summed E-state index contributed by atoms with van der Waals surface area (Å²) in [6.45, 7) is 2.70. The molecule has 1 aromatic carbocycles. The summed E-state index contributed by atoms with van der Waals surface area (Å²) in [5.74, 6) is 0.271. The number of nitrogens with zero attached hydrogens (tertiary/aromatic N) is 2. The van der Waals surface area contributed by atoms with Gasteiger partial charge in [0.1, 0.15) is 5.75 Å². The van der Waals surface area contributed by atoms with Gasteiger partial charge in [-0.3, -0.25) is 4.68 Å². The van der Waals surface area contributed by atoms with Gasteiger partial charge in [-0.1, -0.05) is 6.07 Å². The molecule has 2 N–H and O–H groups in total. The van der Waals surface area contributed by atoms with Crippen LogP contribution in [0, 0.1) is 6.92 Å². The Balaban J connectivity index is 2.05. The first-order valence-electron chi connectivity index (χ1n) is 5.17. The van der Waals surface area contributed by atoms with Crippen molar-refractivity contribution in [2.75, 3.05) is 5.32 Å². The molecule has 0 atom stereocenters. The monoisotopic (exact) mass is 217 g/mol. The highest BCUT2D eigenvalue weighted by molar-refractivity contribution is 5.48. The Kier molecular flexibility index (Phi) is 2.81. The van der Waals surface area contributed by atoms with Crippen molar-refractivity contribution in [2.24, 2.45) is 7.05 Å². The number of anilines is 1. The fraction of sp³-hybridized carbons (Fsp3) is 0.250. The van der Waals surface area contributed by atoms with Crippen LogP contribution in [0.4, 0.5) is 5.69 Å². The molecule has 0 fully saturated rings. The lowest BCUT2D eigenvalue weighted by molar-refractivity contribution is 0.475. The van der Waals surface area contributed by atoms with E-state index in [9.17, 15) is 5.11 Å². The topological polar surface area (TPSA) is 50.1 Å². The predicted molar refractivity (Wildman–Crippen MR) is 63.4 cm³/mol. The molecule has 84 valence electrons. The molecule has 4 heteroatoms. The third-order valence-corrected chi connectivity index (χ3v) is 2.44. The van der Waals surface area contributed by atoms with E-state index >= 15 is 0 Å². The van der Waals surface area contributed by atoms with Gasteiger partial charge in [0.25, 0.3) is 0 Å². The lowest BCUT2D eigenvalue weighted by Crippen LogP contribution is -1.99. The van der Waals surface area contributed by atoms with E-state index in [0.29, 0.717) is 6.54 Å². The zero-order valence-electron chi connectivity index (χ0n) is 9.44. The molecule has 0 aliphatic rings. The molecule has 0 radical (unpaired) electrons. The summed E-state index contributed by atoms with van der Waals surface area (Å²) >= 11 is 0. The van der Waals surface area contributed by atoms with E-state index in [1.54, 1.807) is 16.8 Å². The number of nitrogens with one attached hydrogen (secondary N) is 1.